The fraction of sp³-hybridized carbons (Fsp3) is 0.938. The summed E-state index contributed by atoms with van der Waals surface area (Å²) in [6.07, 6.45) is 7.90. The van der Waals surface area contributed by atoms with Gasteiger partial charge >= 0.3 is 0 Å². The lowest BCUT2D eigenvalue weighted by Gasteiger charge is -2.24. The summed E-state index contributed by atoms with van der Waals surface area (Å²) in [5, 5.41) is 3.42. The van der Waals surface area contributed by atoms with E-state index in [0.29, 0.717) is 12.0 Å². The minimum Gasteiger partial charge on any atom is -0.381 e. The molecule has 0 aromatic heterocycles. The Morgan fingerprint density at radius 2 is 2.14 bits per heavy atom. The first-order chi connectivity index (χ1) is 10.3. The highest BCUT2D eigenvalue weighted by Crippen LogP contribution is 2.20. The van der Waals surface area contributed by atoms with E-state index in [9.17, 15) is 0 Å². The van der Waals surface area contributed by atoms with Crippen LogP contribution < -0.4 is 5.32 Å². The second-order valence-electron chi connectivity index (χ2n) is 6.21. The minimum atomic E-state index is 0.523. The van der Waals surface area contributed by atoms with Crippen LogP contribution in [0.1, 0.15) is 38.5 Å². The maximum absolute atomic E-state index is 5.88. The summed E-state index contributed by atoms with van der Waals surface area (Å²) in [7, 11) is 3.95. The van der Waals surface area contributed by atoms with Gasteiger partial charge in [-0.15, -0.1) is 0 Å². The Morgan fingerprint density at radius 3 is 2.81 bits per heavy atom. The van der Waals surface area contributed by atoms with Gasteiger partial charge < -0.3 is 19.7 Å². The number of ether oxygens (including phenoxy) is 2. The van der Waals surface area contributed by atoms with Crippen molar-refractivity contribution in [1.82, 2.24) is 10.2 Å². The number of guanidine groups is 1. The largest absolute Gasteiger partial charge is 0.381 e. The van der Waals surface area contributed by atoms with Gasteiger partial charge in [-0.1, -0.05) is 12.8 Å². The molecule has 2 rings (SSSR count). The van der Waals surface area contributed by atoms with Crippen molar-refractivity contribution in [1.29, 1.82) is 0 Å². The first kappa shape index (κ1) is 16.6. The standard InChI is InChI=1S/C16H31N3O2/c1-17-16(19(2)12-14-8-11-20-13-14)18-9-5-10-21-15-6-3-4-7-15/h14-15H,3-13H2,1-2H3,(H,17,18). The number of aliphatic imine (C=N–C) groups is 1. The zero-order valence-electron chi connectivity index (χ0n) is 13.6. The van der Waals surface area contributed by atoms with E-state index < -0.39 is 0 Å². The Kier molecular flexibility index (Phi) is 7.30. The SMILES string of the molecule is CN=C(NCCCOC1CCCC1)N(C)CC1CCOC1. The summed E-state index contributed by atoms with van der Waals surface area (Å²) >= 11 is 0. The van der Waals surface area contributed by atoms with E-state index in [2.05, 4.69) is 22.3 Å². The minimum absolute atomic E-state index is 0.523. The van der Waals surface area contributed by atoms with Crippen LogP contribution in [-0.2, 0) is 9.47 Å². The molecule has 1 saturated heterocycles. The molecule has 1 saturated carbocycles. The second-order valence-corrected chi connectivity index (χ2v) is 6.21. The first-order valence-electron chi connectivity index (χ1n) is 8.40. The summed E-state index contributed by atoms with van der Waals surface area (Å²) in [6.45, 7) is 4.58. The normalized spacial score (nSPS) is 23.7. The van der Waals surface area contributed by atoms with Gasteiger partial charge in [0.05, 0.1) is 12.7 Å². The summed E-state index contributed by atoms with van der Waals surface area (Å²) in [4.78, 5) is 6.56. The van der Waals surface area contributed by atoms with Gasteiger partial charge in [-0.3, -0.25) is 4.99 Å². The van der Waals surface area contributed by atoms with Gasteiger partial charge in [0.25, 0.3) is 0 Å². The van der Waals surface area contributed by atoms with Crippen molar-refractivity contribution in [3.05, 3.63) is 0 Å². The van der Waals surface area contributed by atoms with Crippen LogP contribution in [0.5, 0.6) is 0 Å². The van der Waals surface area contributed by atoms with Crippen molar-refractivity contribution in [2.45, 2.75) is 44.6 Å². The first-order valence-corrected chi connectivity index (χ1v) is 8.40. The maximum Gasteiger partial charge on any atom is 0.193 e. The molecule has 1 atom stereocenters. The van der Waals surface area contributed by atoms with Crippen molar-refractivity contribution in [3.8, 4) is 0 Å². The maximum atomic E-state index is 5.88. The monoisotopic (exact) mass is 297 g/mol. The molecule has 1 aliphatic carbocycles. The molecular weight excluding hydrogens is 266 g/mol. The van der Waals surface area contributed by atoms with Crippen molar-refractivity contribution in [2.75, 3.05) is 47.0 Å². The lowest BCUT2D eigenvalue weighted by atomic mass is 10.1. The van der Waals surface area contributed by atoms with E-state index in [1.807, 2.05) is 7.05 Å². The van der Waals surface area contributed by atoms with Crippen molar-refractivity contribution >= 4 is 5.96 Å². The third-order valence-electron chi connectivity index (χ3n) is 4.39. The van der Waals surface area contributed by atoms with Crippen molar-refractivity contribution < 1.29 is 9.47 Å². The lowest BCUT2D eigenvalue weighted by molar-refractivity contribution is 0.0573. The fourth-order valence-corrected chi connectivity index (χ4v) is 3.16. The van der Waals surface area contributed by atoms with E-state index >= 15 is 0 Å². The Hall–Kier alpha value is -0.810. The number of nitrogens with one attached hydrogen (secondary N) is 1. The average molecular weight is 297 g/mol. The van der Waals surface area contributed by atoms with E-state index in [-0.39, 0.29) is 0 Å². The van der Waals surface area contributed by atoms with Gasteiger partial charge in [-0.25, -0.2) is 0 Å². The Labute approximate surface area is 129 Å². The van der Waals surface area contributed by atoms with Crippen molar-refractivity contribution in [2.24, 2.45) is 10.9 Å². The molecule has 0 aromatic carbocycles. The molecular formula is C16H31N3O2. The molecule has 1 heterocycles. The number of rotatable bonds is 7. The Balaban J connectivity index is 1.55. The molecule has 0 amide bonds. The van der Waals surface area contributed by atoms with Crippen molar-refractivity contribution in [3.63, 3.8) is 0 Å². The average Bonchev–Trinajstić information content (AvgIpc) is 3.16. The molecule has 1 unspecified atom stereocenters. The van der Waals surface area contributed by atoms with Crippen LogP contribution in [0.25, 0.3) is 0 Å². The summed E-state index contributed by atoms with van der Waals surface area (Å²) in [6, 6.07) is 0. The molecule has 2 aliphatic rings. The molecule has 122 valence electrons. The van der Waals surface area contributed by atoms with Crippen LogP contribution in [0.3, 0.4) is 0 Å². The van der Waals surface area contributed by atoms with Gasteiger partial charge in [0.15, 0.2) is 5.96 Å². The van der Waals surface area contributed by atoms with E-state index in [1.54, 1.807) is 0 Å². The van der Waals surface area contributed by atoms with E-state index in [1.165, 1.54) is 25.7 Å². The van der Waals surface area contributed by atoms with Gasteiger partial charge in [-0.05, 0) is 25.7 Å². The molecule has 0 bridgehead atoms. The third-order valence-corrected chi connectivity index (χ3v) is 4.39. The van der Waals surface area contributed by atoms with Gasteiger partial charge in [-0.2, -0.15) is 0 Å². The lowest BCUT2D eigenvalue weighted by Crippen LogP contribution is -2.42. The molecule has 21 heavy (non-hydrogen) atoms. The highest BCUT2D eigenvalue weighted by atomic mass is 16.5. The third kappa shape index (κ3) is 5.83. The molecule has 1 N–H and O–H groups in total. The van der Waals surface area contributed by atoms with E-state index in [0.717, 1.165) is 51.7 Å². The summed E-state index contributed by atoms with van der Waals surface area (Å²) < 4.78 is 11.3. The molecule has 0 radical (unpaired) electrons. The number of nitrogens with zero attached hydrogens (tertiary/aromatic N) is 2. The quantitative estimate of drug-likeness (QED) is 0.443. The molecule has 5 heteroatoms. The van der Waals surface area contributed by atoms with Crippen LogP contribution in [0.15, 0.2) is 4.99 Å². The van der Waals surface area contributed by atoms with Crippen LogP contribution in [0.4, 0.5) is 0 Å². The predicted octanol–water partition coefficient (Wildman–Crippen LogP) is 1.88. The van der Waals surface area contributed by atoms with Gasteiger partial charge in [0, 0.05) is 46.3 Å². The second kappa shape index (κ2) is 9.26. The summed E-state index contributed by atoms with van der Waals surface area (Å²) in [5.41, 5.74) is 0. The van der Waals surface area contributed by atoms with Gasteiger partial charge in [0.2, 0.25) is 0 Å². The summed E-state index contributed by atoms with van der Waals surface area (Å²) in [5.74, 6) is 1.61. The highest BCUT2D eigenvalue weighted by Gasteiger charge is 2.19. The molecule has 0 aromatic rings. The Morgan fingerprint density at radius 1 is 1.33 bits per heavy atom. The zero-order chi connectivity index (χ0) is 14.9. The molecule has 2 fully saturated rings. The van der Waals surface area contributed by atoms with Crippen LogP contribution >= 0.6 is 0 Å². The fourth-order valence-electron chi connectivity index (χ4n) is 3.16. The number of hydrogen-bond acceptors (Lipinski definition) is 3. The molecule has 5 nitrogen and oxygen atoms in total. The van der Waals surface area contributed by atoms with Crippen LogP contribution in [-0.4, -0.2) is 64.0 Å². The highest BCUT2D eigenvalue weighted by molar-refractivity contribution is 5.79. The Bertz CT molecular complexity index is 311. The zero-order valence-corrected chi connectivity index (χ0v) is 13.6. The number of hydrogen-bond donors (Lipinski definition) is 1. The molecule has 1 aliphatic heterocycles. The van der Waals surface area contributed by atoms with E-state index in [4.69, 9.17) is 9.47 Å². The smallest absolute Gasteiger partial charge is 0.193 e. The topological polar surface area (TPSA) is 46.1 Å². The molecule has 0 spiro atoms. The van der Waals surface area contributed by atoms with Crippen LogP contribution in [0, 0.1) is 5.92 Å². The predicted molar refractivity (Wildman–Crippen MR) is 85.7 cm³/mol. The van der Waals surface area contributed by atoms with Gasteiger partial charge in [0.1, 0.15) is 0 Å². The van der Waals surface area contributed by atoms with Crippen LogP contribution in [0.2, 0.25) is 0 Å².